The quantitative estimate of drug-likeness (QED) is 0.713. The number of carbonyl (C=O) groups is 1. The molecular formula is C13H15N4O2+. The van der Waals surface area contributed by atoms with Crippen LogP contribution in [-0.2, 0) is 9.53 Å². The van der Waals surface area contributed by atoms with Crippen LogP contribution in [0.4, 0.5) is 0 Å². The van der Waals surface area contributed by atoms with Gasteiger partial charge >= 0.3 is 0 Å². The summed E-state index contributed by atoms with van der Waals surface area (Å²) in [5.74, 6) is 0.449. The van der Waals surface area contributed by atoms with E-state index in [2.05, 4.69) is 11.1 Å². The van der Waals surface area contributed by atoms with Crippen molar-refractivity contribution < 1.29 is 14.4 Å². The number of ketones is 1. The largest absolute Gasteiger partial charge is 0.444 e. The molecule has 0 aromatic carbocycles. The molecule has 0 aromatic rings. The summed E-state index contributed by atoms with van der Waals surface area (Å²) >= 11 is 0. The number of nitrogens with zero attached hydrogens (tertiary/aromatic N) is 3. The zero-order valence-electron chi connectivity index (χ0n) is 11.1. The fourth-order valence-corrected chi connectivity index (χ4v) is 2.75. The van der Waals surface area contributed by atoms with Crippen LogP contribution < -0.4 is 4.90 Å². The van der Waals surface area contributed by atoms with E-state index < -0.39 is 12.1 Å². The van der Waals surface area contributed by atoms with Gasteiger partial charge in [-0.25, -0.2) is 0 Å². The maximum absolute atomic E-state index is 11.7. The highest BCUT2D eigenvalue weighted by molar-refractivity contribution is 6.05. The van der Waals surface area contributed by atoms with E-state index in [1.54, 1.807) is 6.92 Å². The van der Waals surface area contributed by atoms with Crippen LogP contribution in [0.5, 0.6) is 0 Å². The van der Waals surface area contributed by atoms with E-state index in [0.29, 0.717) is 17.9 Å². The lowest BCUT2D eigenvalue weighted by atomic mass is 9.98. The zero-order valence-corrected chi connectivity index (χ0v) is 11.1. The summed E-state index contributed by atoms with van der Waals surface area (Å²) in [5, 5.41) is 18.3. The molecule has 4 atom stereocenters. The Morgan fingerprint density at radius 3 is 2.68 bits per heavy atom. The molecule has 0 spiro atoms. The van der Waals surface area contributed by atoms with Crippen LogP contribution in [0.15, 0.2) is 16.3 Å². The number of rotatable bonds is 2. The standard InChI is InChI=1S/C13H14N4O2/c1-4-17-10(6-15)9(5-14)16-12-11(7(2)18)8(3)19-13(12)17/h10,12-13H,4H2,1-3H3/p+1/t10-,12+,13-/m0/s1. The Morgan fingerprint density at radius 1 is 1.53 bits per heavy atom. The number of hydrogen-bond acceptors (Lipinski definition) is 5. The lowest BCUT2D eigenvalue weighted by molar-refractivity contribution is -0.952. The van der Waals surface area contributed by atoms with Crippen molar-refractivity contribution in [2.24, 2.45) is 4.99 Å². The van der Waals surface area contributed by atoms with Gasteiger partial charge in [0.25, 0.3) is 6.23 Å². The fraction of sp³-hybridized carbons (Fsp3) is 0.538. The molecular weight excluding hydrogens is 244 g/mol. The number of fused-ring (bicyclic) bond motifs is 1. The number of nitrogens with one attached hydrogen (secondary N) is 1. The molecule has 0 radical (unpaired) electrons. The molecule has 19 heavy (non-hydrogen) atoms. The van der Waals surface area contributed by atoms with Crippen LogP contribution in [0.1, 0.15) is 20.8 Å². The number of carbonyl (C=O) groups excluding carboxylic acids is 1. The maximum Gasteiger partial charge on any atom is 0.259 e. The molecule has 6 heteroatoms. The van der Waals surface area contributed by atoms with Gasteiger partial charge < -0.3 is 4.74 Å². The predicted molar refractivity (Wildman–Crippen MR) is 66.0 cm³/mol. The molecule has 0 saturated heterocycles. The van der Waals surface area contributed by atoms with Crippen molar-refractivity contribution in [3.63, 3.8) is 0 Å². The number of nitriles is 2. The molecule has 1 unspecified atom stereocenters. The second-order valence-electron chi connectivity index (χ2n) is 4.63. The molecule has 0 bridgehead atoms. The molecule has 0 aliphatic carbocycles. The Labute approximate surface area is 111 Å². The molecule has 0 aromatic heterocycles. The summed E-state index contributed by atoms with van der Waals surface area (Å²) in [6.45, 7) is 5.74. The van der Waals surface area contributed by atoms with Gasteiger partial charge in [-0.05, 0) is 20.8 Å². The van der Waals surface area contributed by atoms with Crippen LogP contribution in [0.25, 0.3) is 0 Å². The van der Waals surface area contributed by atoms with Crippen LogP contribution in [0.2, 0.25) is 0 Å². The number of aliphatic imine (C=N–C) groups is 1. The van der Waals surface area contributed by atoms with Crippen molar-refractivity contribution >= 4 is 11.5 Å². The van der Waals surface area contributed by atoms with Crippen molar-refractivity contribution in [2.75, 3.05) is 6.54 Å². The maximum atomic E-state index is 11.7. The third kappa shape index (κ3) is 1.91. The molecule has 1 N–H and O–H groups in total. The molecule has 6 nitrogen and oxygen atoms in total. The topological polar surface area (TPSA) is 90.7 Å². The van der Waals surface area contributed by atoms with Crippen LogP contribution >= 0.6 is 0 Å². The zero-order chi connectivity index (χ0) is 14.2. The average molecular weight is 259 g/mol. The number of likely N-dealkylation sites (N-methyl/N-ethyl adjacent to an activating group) is 1. The van der Waals surface area contributed by atoms with Crippen molar-refractivity contribution in [1.29, 1.82) is 10.5 Å². The van der Waals surface area contributed by atoms with Crippen molar-refractivity contribution in [3.05, 3.63) is 11.3 Å². The van der Waals surface area contributed by atoms with Gasteiger partial charge in [-0.1, -0.05) is 0 Å². The molecule has 0 amide bonds. The van der Waals surface area contributed by atoms with E-state index >= 15 is 0 Å². The smallest absolute Gasteiger partial charge is 0.259 e. The van der Waals surface area contributed by atoms with Gasteiger partial charge in [-0.2, -0.15) is 10.5 Å². The second kappa shape index (κ2) is 4.83. The Kier molecular flexibility index (Phi) is 3.37. The number of Topliss-reactive ketones (excluding diaryl/α,β-unsaturated/α-hetero) is 1. The highest BCUT2D eigenvalue weighted by Crippen LogP contribution is 2.28. The SMILES string of the molecule is CC[NH+]1[C@@H](C#N)C(C#N)=N[C@@H]2C(C(C)=O)=C(C)O[C@@H]21. The third-order valence-electron chi connectivity index (χ3n) is 3.58. The molecule has 2 aliphatic rings. The summed E-state index contributed by atoms with van der Waals surface area (Å²) in [4.78, 5) is 16.8. The summed E-state index contributed by atoms with van der Waals surface area (Å²) in [6, 6.07) is 2.98. The van der Waals surface area contributed by atoms with Gasteiger partial charge in [0.2, 0.25) is 6.04 Å². The summed E-state index contributed by atoms with van der Waals surface area (Å²) in [7, 11) is 0. The number of allylic oxidation sites excluding steroid dienone is 1. The first-order chi connectivity index (χ1) is 9.04. The molecule has 2 aliphatic heterocycles. The highest BCUT2D eigenvalue weighted by Gasteiger charge is 2.50. The van der Waals surface area contributed by atoms with Gasteiger partial charge in [-0.3, -0.25) is 14.7 Å². The van der Waals surface area contributed by atoms with Gasteiger partial charge in [0, 0.05) is 0 Å². The normalized spacial score (nSPS) is 32.8. The minimum Gasteiger partial charge on any atom is -0.444 e. The average Bonchev–Trinajstić information content (AvgIpc) is 2.71. The predicted octanol–water partition coefficient (Wildman–Crippen LogP) is -0.651. The Morgan fingerprint density at radius 2 is 2.21 bits per heavy atom. The Bertz CT molecular complexity index is 564. The molecule has 98 valence electrons. The van der Waals surface area contributed by atoms with Gasteiger partial charge in [0.05, 0.1) is 12.1 Å². The van der Waals surface area contributed by atoms with E-state index in [4.69, 9.17) is 10.00 Å². The van der Waals surface area contributed by atoms with Crippen molar-refractivity contribution in [3.8, 4) is 12.1 Å². The van der Waals surface area contributed by atoms with E-state index in [-0.39, 0.29) is 17.7 Å². The first-order valence-corrected chi connectivity index (χ1v) is 6.16. The Balaban J connectivity index is 2.51. The van der Waals surface area contributed by atoms with E-state index in [1.165, 1.54) is 6.92 Å². The van der Waals surface area contributed by atoms with Crippen molar-refractivity contribution in [1.82, 2.24) is 0 Å². The fourth-order valence-electron chi connectivity index (χ4n) is 2.75. The summed E-state index contributed by atoms with van der Waals surface area (Å²) in [5.41, 5.74) is 0.692. The lowest BCUT2D eigenvalue weighted by Crippen LogP contribution is -3.21. The first kappa shape index (κ1) is 13.3. The van der Waals surface area contributed by atoms with E-state index in [9.17, 15) is 10.1 Å². The Hall–Kier alpha value is -2.18. The van der Waals surface area contributed by atoms with E-state index in [1.807, 2.05) is 13.0 Å². The summed E-state index contributed by atoms with van der Waals surface area (Å²) in [6.07, 6.45) is -0.384. The monoisotopic (exact) mass is 259 g/mol. The number of quaternary nitrogens is 1. The van der Waals surface area contributed by atoms with Gasteiger partial charge in [0.1, 0.15) is 17.9 Å². The van der Waals surface area contributed by atoms with Crippen LogP contribution in [0.3, 0.4) is 0 Å². The molecule has 0 fully saturated rings. The minimum absolute atomic E-state index is 0.100. The summed E-state index contributed by atoms with van der Waals surface area (Å²) < 4.78 is 5.72. The van der Waals surface area contributed by atoms with Crippen LogP contribution in [0, 0.1) is 22.7 Å². The van der Waals surface area contributed by atoms with E-state index in [0.717, 1.165) is 4.90 Å². The highest BCUT2D eigenvalue weighted by atomic mass is 16.5. The van der Waals surface area contributed by atoms with Gasteiger partial charge in [0.15, 0.2) is 17.5 Å². The second-order valence-corrected chi connectivity index (χ2v) is 4.63. The number of ether oxygens (including phenoxy) is 1. The minimum atomic E-state index is -0.629. The third-order valence-corrected chi connectivity index (χ3v) is 3.58. The van der Waals surface area contributed by atoms with Crippen LogP contribution in [-0.4, -0.2) is 36.4 Å². The lowest BCUT2D eigenvalue weighted by Gasteiger charge is -2.33. The number of hydrogen-bond donors (Lipinski definition) is 1. The van der Waals surface area contributed by atoms with Crippen molar-refractivity contribution in [2.45, 2.75) is 39.1 Å². The first-order valence-electron chi connectivity index (χ1n) is 6.16. The molecule has 2 rings (SSSR count). The molecule has 2 heterocycles. The molecule has 0 saturated carbocycles. The van der Waals surface area contributed by atoms with Gasteiger partial charge in [-0.15, -0.1) is 0 Å².